The molecule has 4 rings (SSSR count). The summed E-state index contributed by atoms with van der Waals surface area (Å²) in [7, 11) is -2.14. The average Bonchev–Trinajstić information content (AvgIpc) is 3.29. The second kappa shape index (κ2) is 7.56. The molecule has 0 atom stereocenters. The maximum atomic E-state index is 13.0. The fourth-order valence-electron chi connectivity index (χ4n) is 3.15. The van der Waals surface area contributed by atoms with E-state index in [0.717, 1.165) is 5.82 Å². The molecule has 0 saturated carbocycles. The Labute approximate surface area is 163 Å². The van der Waals surface area contributed by atoms with E-state index in [1.807, 2.05) is 17.0 Å². The minimum Gasteiger partial charge on any atom is -0.495 e. The van der Waals surface area contributed by atoms with Crippen molar-refractivity contribution in [2.45, 2.75) is 4.90 Å². The van der Waals surface area contributed by atoms with Gasteiger partial charge in [0, 0.05) is 38.6 Å². The normalized spacial score (nSPS) is 15.5. The molecule has 0 N–H and O–H groups in total. The van der Waals surface area contributed by atoms with E-state index < -0.39 is 10.0 Å². The van der Waals surface area contributed by atoms with Gasteiger partial charge in [-0.3, -0.25) is 4.57 Å². The van der Waals surface area contributed by atoms with Crippen molar-refractivity contribution in [2.24, 2.45) is 0 Å². The maximum Gasteiger partial charge on any atom is 0.246 e. The number of aromatic nitrogens is 4. The highest BCUT2D eigenvalue weighted by Gasteiger charge is 2.31. The molecule has 1 aliphatic heterocycles. The number of hydrogen-bond donors (Lipinski definition) is 0. The Hall–Kier alpha value is -2.98. The number of imidazole rings is 1. The predicted molar refractivity (Wildman–Crippen MR) is 103 cm³/mol. The third-order valence-electron chi connectivity index (χ3n) is 4.65. The lowest BCUT2D eigenvalue weighted by Crippen LogP contribution is -2.49. The van der Waals surface area contributed by atoms with Crippen LogP contribution in [0.25, 0.3) is 5.82 Å². The number of sulfonamides is 1. The zero-order chi connectivity index (χ0) is 19.6. The fourth-order valence-corrected chi connectivity index (χ4v) is 4.73. The number of nitrogens with zero attached hydrogens (tertiary/aromatic N) is 6. The van der Waals surface area contributed by atoms with Gasteiger partial charge in [0.2, 0.25) is 10.0 Å². The first-order valence-corrected chi connectivity index (χ1v) is 10.2. The topological polar surface area (TPSA) is 93.5 Å². The van der Waals surface area contributed by atoms with Crippen molar-refractivity contribution in [1.29, 1.82) is 0 Å². The number of anilines is 1. The summed E-state index contributed by atoms with van der Waals surface area (Å²) >= 11 is 0. The molecule has 0 bridgehead atoms. The second-order valence-corrected chi connectivity index (χ2v) is 8.17. The Morgan fingerprint density at radius 1 is 0.964 bits per heavy atom. The molecule has 28 heavy (non-hydrogen) atoms. The van der Waals surface area contributed by atoms with Crippen molar-refractivity contribution in [3.8, 4) is 11.6 Å². The predicted octanol–water partition coefficient (Wildman–Crippen LogP) is 1.18. The highest BCUT2D eigenvalue weighted by atomic mass is 32.2. The van der Waals surface area contributed by atoms with E-state index in [1.54, 1.807) is 47.6 Å². The molecule has 0 spiro atoms. The summed E-state index contributed by atoms with van der Waals surface area (Å²) in [5.74, 6) is 1.75. The van der Waals surface area contributed by atoms with Gasteiger partial charge in [-0.25, -0.2) is 13.4 Å². The van der Waals surface area contributed by atoms with Gasteiger partial charge in [-0.05, 0) is 24.3 Å². The zero-order valence-corrected chi connectivity index (χ0v) is 16.2. The summed E-state index contributed by atoms with van der Waals surface area (Å²) in [4.78, 5) is 6.21. The first-order valence-electron chi connectivity index (χ1n) is 8.80. The molecule has 2 aromatic heterocycles. The van der Waals surface area contributed by atoms with Crippen molar-refractivity contribution in [3.63, 3.8) is 0 Å². The van der Waals surface area contributed by atoms with E-state index in [4.69, 9.17) is 4.74 Å². The number of para-hydroxylation sites is 1. The Morgan fingerprint density at radius 2 is 1.68 bits per heavy atom. The second-order valence-electron chi connectivity index (χ2n) is 6.26. The lowest BCUT2D eigenvalue weighted by Gasteiger charge is -2.34. The molecule has 3 heterocycles. The minimum atomic E-state index is -3.61. The Balaban J connectivity index is 1.46. The Kier molecular flexibility index (Phi) is 4.97. The first kappa shape index (κ1) is 18.4. The lowest BCUT2D eigenvalue weighted by molar-refractivity contribution is 0.373. The molecule has 1 aromatic carbocycles. The van der Waals surface area contributed by atoms with E-state index in [9.17, 15) is 8.42 Å². The van der Waals surface area contributed by atoms with Crippen LogP contribution in [0.3, 0.4) is 0 Å². The van der Waals surface area contributed by atoms with Crippen LogP contribution in [0.4, 0.5) is 5.82 Å². The summed E-state index contributed by atoms with van der Waals surface area (Å²) in [5, 5.41) is 8.49. The molecule has 1 fully saturated rings. The highest BCUT2D eigenvalue weighted by molar-refractivity contribution is 7.89. The number of benzene rings is 1. The summed E-state index contributed by atoms with van der Waals surface area (Å²) in [6.45, 7) is 1.80. The van der Waals surface area contributed by atoms with Crippen LogP contribution in [0, 0.1) is 0 Å². The molecule has 146 valence electrons. The van der Waals surface area contributed by atoms with Gasteiger partial charge >= 0.3 is 0 Å². The molecule has 1 saturated heterocycles. The van der Waals surface area contributed by atoms with Crippen LogP contribution in [-0.2, 0) is 10.0 Å². The standard InChI is InChI=1S/C18H20N6O3S/c1-27-15-4-2-3-5-16(15)28(25,26)24-12-10-22(11-13-24)17-6-7-18(21-20-17)23-9-8-19-14-23/h2-9,14H,10-13H2,1H3. The van der Waals surface area contributed by atoms with Crippen LogP contribution in [0.5, 0.6) is 5.75 Å². The number of piperazine rings is 1. The van der Waals surface area contributed by atoms with Gasteiger partial charge in [0.05, 0.1) is 7.11 Å². The molecule has 0 unspecified atom stereocenters. The van der Waals surface area contributed by atoms with Gasteiger partial charge in [-0.1, -0.05) is 12.1 Å². The molecule has 3 aromatic rings. The molecule has 0 radical (unpaired) electrons. The molecule has 0 amide bonds. The van der Waals surface area contributed by atoms with Crippen LogP contribution in [-0.4, -0.2) is 65.8 Å². The van der Waals surface area contributed by atoms with Gasteiger partial charge in [0.15, 0.2) is 11.6 Å². The van der Waals surface area contributed by atoms with E-state index >= 15 is 0 Å². The fraction of sp³-hybridized carbons (Fsp3) is 0.278. The van der Waals surface area contributed by atoms with Crippen molar-refractivity contribution in [1.82, 2.24) is 24.1 Å². The van der Waals surface area contributed by atoms with Crippen LogP contribution in [0.2, 0.25) is 0 Å². The maximum absolute atomic E-state index is 13.0. The SMILES string of the molecule is COc1ccccc1S(=O)(=O)N1CCN(c2ccc(-n3ccnc3)nn2)CC1. The van der Waals surface area contributed by atoms with Gasteiger partial charge in [0.25, 0.3) is 0 Å². The molecule has 0 aliphatic carbocycles. The monoisotopic (exact) mass is 400 g/mol. The average molecular weight is 400 g/mol. The molecular formula is C18H20N6O3S. The van der Waals surface area contributed by atoms with Crippen molar-refractivity contribution in [2.75, 3.05) is 38.2 Å². The van der Waals surface area contributed by atoms with Gasteiger partial charge in [-0.15, -0.1) is 10.2 Å². The van der Waals surface area contributed by atoms with Crippen molar-refractivity contribution >= 4 is 15.8 Å². The van der Waals surface area contributed by atoms with Gasteiger partial charge in [-0.2, -0.15) is 4.31 Å². The van der Waals surface area contributed by atoms with Crippen LogP contribution < -0.4 is 9.64 Å². The van der Waals surface area contributed by atoms with Crippen LogP contribution in [0.1, 0.15) is 0 Å². The Morgan fingerprint density at radius 3 is 2.32 bits per heavy atom. The number of methoxy groups -OCH3 is 1. The Bertz CT molecular complexity index is 1030. The van der Waals surface area contributed by atoms with Crippen molar-refractivity contribution in [3.05, 3.63) is 55.1 Å². The summed E-state index contributed by atoms with van der Waals surface area (Å²) in [6, 6.07) is 10.4. The molecule has 1 aliphatic rings. The zero-order valence-electron chi connectivity index (χ0n) is 15.3. The van der Waals surface area contributed by atoms with E-state index in [-0.39, 0.29) is 4.90 Å². The third-order valence-corrected chi connectivity index (χ3v) is 6.59. The third kappa shape index (κ3) is 3.43. The summed E-state index contributed by atoms with van der Waals surface area (Å²) in [6.07, 6.45) is 5.13. The molecule has 10 heteroatoms. The quantitative estimate of drug-likeness (QED) is 0.635. The molecular weight excluding hydrogens is 380 g/mol. The number of hydrogen-bond acceptors (Lipinski definition) is 7. The van der Waals surface area contributed by atoms with Gasteiger partial charge in [0.1, 0.15) is 17.0 Å². The van der Waals surface area contributed by atoms with Crippen molar-refractivity contribution < 1.29 is 13.2 Å². The van der Waals surface area contributed by atoms with Gasteiger partial charge < -0.3 is 9.64 Å². The first-order chi connectivity index (χ1) is 13.6. The highest BCUT2D eigenvalue weighted by Crippen LogP contribution is 2.27. The molecule has 9 nitrogen and oxygen atoms in total. The minimum absolute atomic E-state index is 0.190. The number of ether oxygens (including phenoxy) is 1. The largest absolute Gasteiger partial charge is 0.495 e. The number of rotatable bonds is 5. The van der Waals surface area contributed by atoms with Crippen LogP contribution >= 0.6 is 0 Å². The summed E-state index contributed by atoms with van der Waals surface area (Å²) < 4.78 is 34.4. The summed E-state index contributed by atoms with van der Waals surface area (Å²) in [5.41, 5.74) is 0. The smallest absolute Gasteiger partial charge is 0.246 e. The van der Waals surface area contributed by atoms with E-state index in [1.165, 1.54) is 11.4 Å². The van der Waals surface area contributed by atoms with Crippen LogP contribution in [0.15, 0.2) is 60.0 Å². The van der Waals surface area contributed by atoms with E-state index in [2.05, 4.69) is 15.2 Å². The van der Waals surface area contributed by atoms with E-state index in [0.29, 0.717) is 37.7 Å². The lowest BCUT2D eigenvalue weighted by atomic mass is 10.3.